The number of nitrogens with two attached hydrogens (primary N) is 1. The van der Waals surface area contributed by atoms with Crippen molar-refractivity contribution in [1.82, 2.24) is 9.97 Å². The first-order valence-electron chi connectivity index (χ1n) is 5.43. The summed E-state index contributed by atoms with van der Waals surface area (Å²) < 4.78 is 0. The molecule has 0 fully saturated rings. The molecule has 94 valence electrons. The lowest BCUT2D eigenvalue weighted by atomic mass is 9.87. The maximum atomic E-state index is 8.64. The summed E-state index contributed by atoms with van der Waals surface area (Å²) in [5.41, 5.74) is 5.35. The second-order valence-corrected chi connectivity index (χ2v) is 5.48. The lowest BCUT2D eigenvalue weighted by Gasteiger charge is -2.22. The van der Waals surface area contributed by atoms with Crippen molar-refractivity contribution in [2.45, 2.75) is 31.7 Å². The highest BCUT2D eigenvalue weighted by molar-refractivity contribution is 7.99. The van der Waals surface area contributed by atoms with Crippen LogP contribution in [0.2, 0.25) is 0 Å². The second-order valence-electron chi connectivity index (χ2n) is 4.36. The highest BCUT2D eigenvalue weighted by atomic mass is 32.2. The Morgan fingerprint density at radius 1 is 1.53 bits per heavy atom. The van der Waals surface area contributed by atoms with Gasteiger partial charge in [0.1, 0.15) is 10.9 Å². The Morgan fingerprint density at radius 2 is 2.29 bits per heavy atom. The van der Waals surface area contributed by atoms with Crippen molar-refractivity contribution >= 4 is 17.6 Å². The van der Waals surface area contributed by atoms with Gasteiger partial charge in [-0.2, -0.15) is 0 Å². The van der Waals surface area contributed by atoms with Gasteiger partial charge in [0.15, 0.2) is 0 Å². The average molecular weight is 254 g/mol. The van der Waals surface area contributed by atoms with Crippen molar-refractivity contribution in [3.63, 3.8) is 0 Å². The van der Waals surface area contributed by atoms with E-state index in [9.17, 15) is 0 Å². The standard InChI is InChI=1S/C11H18N4OS/c1-11(2,10(12)15-16)4-3-7-17-9-8-13-5-6-14-9/h5-6,8,16H,3-4,7H2,1-2H3,(H2,12,15). The number of rotatable bonds is 6. The molecule has 1 aromatic rings. The Kier molecular flexibility index (Phi) is 5.21. The number of hydrogen-bond acceptors (Lipinski definition) is 5. The molecule has 0 saturated heterocycles. The largest absolute Gasteiger partial charge is 0.409 e. The molecular formula is C11H18N4OS. The van der Waals surface area contributed by atoms with E-state index in [1.54, 1.807) is 30.4 Å². The molecule has 1 heterocycles. The maximum absolute atomic E-state index is 8.64. The minimum Gasteiger partial charge on any atom is -0.409 e. The van der Waals surface area contributed by atoms with E-state index >= 15 is 0 Å². The summed E-state index contributed by atoms with van der Waals surface area (Å²) in [5, 5.41) is 12.6. The molecule has 0 radical (unpaired) electrons. The fraction of sp³-hybridized carbons (Fsp3) is 0.545. The Bertz CT molecular complexity index is 367. The molecule has 0 aliphatic carbocycles. The van der Waals surface area contributed by atoms with E-state index in [0.29, 0.717) is 0 Å². The summed E-state index contributed by atoms with van der Waals surface area (Å²) in [4.78, 5) is 8.17. The van der Waals surface area contributed by atoms with Crippen LogP contribution in [0.25, 0.3) is 0 Å². The van der Waals surface area contributed by atoms with Crippen LogP contribution in [0, 0.1) is 5.41 Å². The molecule has 0 spiro atoms. The van der Waals surface area contributed by atoms with Crippen LogP contribution >= 0.6 is 11.8 Å². The average Bonchev–Trinajstić information content (AvgIpc) is 2.35. The van der Waals surface area contributed by atoms with Gasteiger partial charge in [0.05, 0.1) is 6.20 Å². The molecule has 0 aromatic carbocycles. The minimum absolute atomic E-state index is 0.266. The van der Waals surface area contributed by atoms with Crippen LogP contribution in [0.1, 0.15) is 26.7 Å². The summed E-state index contributed by atoms with van der Waals surface area (Å²) >= 11 is 1.66. The van der Waals surface area contributed by atoms with Gasteiger partial charge in [-0.1, -0.05) is 19.0 Å². The van der Waals surface area contributed by atoms with Gasteiger partial charge in [-0.15, -0.1) is 11.8 Å². The molecule has 3 N–H and O–H groups in total. The summed E-state index contributed by atoms with van der Waals surface area (Å²) in [6, 6.07) is 0. The van der Waals surface area contributed by atoms with Crippen LogP contribution in [-0.2, 0) is 0 Å². The first-order valence-corrected chi connectivity index (χ1v) is 6.41. The number of hydrogen-bond donors (Lipinski definition) is 2. The van der Waals surface area contributed by atoms with Crippen LogP contribution in [0.15, 0.2) is 28.8 Å². The summed E-state index contributed by atoms with van der Waals surface area (Å²) in [5.74, 6) is 1.22. The molecule has 0 unspecified atom stereocenters. The normalized spacial score (nSPS) is 12.7. The fourth-order valence-electron chi connectivity index (χ4n) is 1.31. The second kappa shape index (κ2) is 6.44. The molecule has 0 aliphatic heterocycles. The summed E-state index contributed by atoms with van der Waals surface area (Å²) in [7, 11) is 0. The van der Waals surface area contributed by atoms with Gasteiger partial charge in [0.2, 0.25) is 0 Å². The zero-order chi connectivity index (χ0) is 12.7. The molecule has 1 rings (SSSR count). The van der Waals surface area contributed by atoms with Gasteiger partial charge in [-0.3, -0.25) is 4.98 Å². The lowest BCUT2D eigenvalue weighted by Crippen LogP contribution is -2.31. The van der Waals surface area contributed by atoms with Crippen molar-refractivity contribution < 1.29 is 5.21 Å². The SMILES string of the molecule is CC(C)(CCCSc1cnccn1)C(N)=NO. The molecule has 6 heteroatoms. The molecule has 0 atom stereocenters. The van der Waals surface area contributed by atoms with Gasteiger partial charge in [0.25, 0.3) is 0 Å². The summed E-state index contributed by atoms with van der Waals surface area (Å²) in [6.07, 6.45) is 6.94. The Hall–Kier alpha value is -1.30. The minimum atomic E-state index is -0.266. The quantitative estimate of drug-likeness (QED) is 0.203. The van der Waals surface area contributed by atoms with Crippen molar-refractivity contribution in [3.05, 3.63) is 18.6 Å². The van der Waals surface area contributed by atoms with Crippen LogP contribution in [-0.4, -0.2) is 26.8 Å². The highest BCUT2D eigenvalue weighted by Gasteiger charge is 2.22. The van der Waals surface area contributed by atoms with E-state index in [2.05, 4.69) is 15.1 Å². The van der Waals surface area contributed by atoms with E-state index in [1.807, 2.05) is 13.8 Å². The number of amidine groups is 1. The maximum Gasteiger partial charge on any atom is 0.144 e. The first kappa shape index (κ1) is 13.8. The van der Waals surface area contributed by atoms with Gasteiger partial charge in [0, 0.05) is 17.8 Å². The first-order chi connectivity index (χ1) is 8.06. The summed E-state index contributed by atoms with van der Waals surface area (Å²) in [6.45, 7) is 3.93. The molecule has 0 saturated carbocycles. The van der Waals surface area contributed by atoms with E-state index in [1.165, 1.54) is 0 Å². The van der Waals surface area contributed by atoms with Crippen molar-refractivity contribution in [1.29, 1.82) is 0 Å². The Labute approximate surface area is 106 Å². The van der Waals surface area contributed by atoms with Gasteiger partial charge in [-0.05, 0) is 18.6 Å². The van der Waals surface area contributed by atoms with E-state index < -0.39 is 0 Å². The number of aromatic nitrogens is 2. The zero-order valence-corrected chi connectivity index (χ0v) is 10.9. The van der Waals surface area contributed by atoms with E-state index in [4.69, 9.17) is 10.9 Å². The molecule has 0 bridgehead atoms. The van der Waals surface area contributed by atoms with Gasteiger partial charge >= 0.3 is 0 Å². The van der Waals surface area contributed by atoms with Gasteiger partial charge < -0.3 is 10.9 Å². The smallest absolute Gasteiger partial charge is 0.144 e. The molecule has 17 heavy (non-hydrogen) atoms. The predicted molar refractivity (Wildman–Crippen MR) is 69.2 cm³/mol. The molecule has 0 amide bonds. The van der Waals surface area contributed by atoms with Crippen molar-refractivity contribution in [2.24, 2.45) is 16.3 Å². The van der Waals surface area contributed by atoms with E-state index in [0.717, 1.165) is 23.6 Å². The third-order valence-corrected chi connectivity index (χ3v) is 3.54. The van der Waals surface area contributed by atoms with Crippen LogP contribution < -0.4 is 5.73 Å². The topological polar surface area (TPSA) is 84.4 Å². The van der Waals surface area contributed by atoms with Crippen LogP contribution in [0.3, 0.4) is 0 Å². The molecule has 5 nitrogen and oxygen atoms in total. The lowest BCUT2D eigenvalue weighted by molar-refractivity contribution is 0.305. The number of thioether (sulfide) groups is 1. The Morgan fingerprint density at radius 3 is 2.88 bits per heavy atom. The number of oxime groups is 1. The number of nitrogens with zero attached hydrogens (tertiary/aromatic N) is 3. The molecular weight excluding hydrogens is 236 g/mol. The fourth-order valence-corrected chi connectivity index (χ4v) is 2.08. The Balaban J connectivity index is 2.29. The van der Waals surface area contributed by atoms with Gasteiger partial charge in [-0.25, -0.2) is 4.98 Å². The molecule has 1 aromatic heterocycles. The third kappa shape index (κ3) is 4.60. The van der Waals surface area contributed by atoms with Crippen molar-refractivity contribution in [3.8, 4) is 0 Å². The molecule has 0 aliphatic rings. The predicted octanol–water partition coefficient (Wildman–Crippen LogP) is 2.12. The third-order valence-electron chi connectivity index (χ3n) is 2.54. The monoisotopic (exact) mass is 254 g/mol. The van der Waals surface area contributed by atoms with Crippen LogP contribution in [0.4, 0.5) is 0 Å². The highest BCUT2D eigenvalue weighted by Crippen LogP contribution is 2.25. The van der Waals surface area contributed by atoms with Crippen molar-refractivity contribution in [2.75, 3.05) is 5.75 Å². The van der Waals surface area contributed by atoms with Crippen LogP contribution in [0.5, 0.6) is 0 Å². The van der Waals surface area contributed by atoms with E-state index in [-0.39, 0.29) is 11.3 Å². The zero-order valence-electron chi connectivity index (χ0n) is 10.1.